The molecule has 1 aliphatic rings. The van der Waals surface area contributed by atoms with E-state index in [1.54, 1.807) is 0 Å². The molecule has 0 amide bonds. The highest BCUT2D eigenvalue weighted by Crippen LogP contribution is 2.19. The lowest BCUT2D eigenvalue weighted by Crippen LogP contribution is -2.37. The Balaban J connectivity index is 2.18. The summed E-state index contributed by atoms with van der Waals surface area (Å²) in [7, 11) is 0. The molecule has 1 saturated heterocycles. The number of hydrogen-bond donors (Lipinski definition) is 2. The summed E-state index contributed by atoms with van der Waals surface area (Å²) in [4.78, 5) is 0. The van der Waals surface area contributed by atoms with Crippen LogP contribution >= 0.6 is 0 Å². The second-order valence-electron chi connectivity index (χ2n) is 3.00. The summed E-state index contributed by atoms with van der Waals surface area (Å²) >= 11 is 0. The molecule has 2 heteroatoms. The number of aliphatic hydroxyl groups is 1. The van der Waals surface area contributed by atoms with Gasteiger partial charge in [0.1, 0.15) is 6.23 Å². The van der Waals surface area contributed by atoms with Crippen LogP contribution in [0.15, 0.2) is 0 Å². The van der Waals surface area contributed by atoms with Gasteiger partial charge < -0.3 is 5.11 Å². The molecule has 1 aliphatic heterocycles. The normalized spacial score (nSPS) is 34.2. The predicted octanol–water partition coefficient (Wildman–Crippen LogP) is 0.919. The van der Waals surface area contributed by atoms with Crippen LogP contribution in [-0.4, -0.2) is 17.9 Å². The van der Waals surface area contributed by atoms with Crippen molar-refractivity contribution in [2.75, 3.05) is 6.54 Å². The van der Waals surface area contributed by atoms with E-state index in [2.05, 4.69) is 12.2 Å². The highest BCUT2D eigenvalue weighted by atomic mass is 16.3. The van der Waals surface area contributed by atoms with Gasteiger partial charge in [0.2, 0.25) is 0 Å². The van der Waals surface area contributed by atoms with Crippen molar-refractivity contribution in [1.29, 1.82) is 0 Å². The lowest BCUT2D eigenvalue weighted by Gasteiger charge is -2.26. The molecule has 0 aromatic carbocycles. The summed E-state index contributed by atoms with van der Waals surface area (Å²) in [6.07, 6.45) is 4.02. The van der Waals surface area contributed by atoms with Crippen LogP contribution in [0.3, 0.4) is 0 Å². The maximum Gasteiger partial charge on any atom is 0.105 e. The largest absolute Gasteiger partial charge is 0.379 e. The fourth-order valence-corrected chi connectivity index (χ4v) is 1.52. The first-order chi connectivity index (χ1) is 4.83. The van der Waals surface area contributed by atoms with Crippen molar-refractivity contribution in [1.82, 2.24) is 5.32 Å². The number of piperidine rings is 1. The van der Waals surface area contributed by atoms with E-state index in [4.69, 9.17) is 0 Å². The van der Waals surface area contributed by atoms with Crippen molar-refractivity contribution in [3.05, 3.63) is 6.92 Å². The number of rotatable bonds is 2. The third-order valence-electron chi connectivity index (χ3n) is 2.10. The Hall–Kier alpha value is -0.0800. The lowest BCUT2D eigenvalue weighted by molar-refractivity contribution is 0.0788. The maximum atomic E-state index is 9.17. The molecular weight excluding hydrogens is 126 g/mol. The van der Waals surface area contributed by atoms with Crippen LogP contribution in [0.1, 0.15) is 25.7 Å². The SMILES string of the molecule is [CH2]CCC1CCNC(O)C1. The van der Waals surface area contributed by atoms with Crippen molar-refractivity contribution in [3.63, 3.8) is 0 Å². The van der Waals surface area contributed by atoms with Gasteiger partial charge in [0.25, 0.3) is 0 Å². The molecule has 0 saturated carbocycles. The van der Waals surface area contributed by atoms with Crippen molar-refractivity contribution in [2.24, 2.45) is 5.92 Å². The molecule has 10 heavy (non-hydrogen) atoms. The van der Waals surface area contributed by atoms with Gasteiger partial charge in [-0.05, 0) is 25.3 Å². The van der Waals surface area contributed by atoms with Crippen LogP contribution in [0, 0.1) is 12.8 Å². The Morgan fingerprint density at radius 1 is 1.60 bits per heavy atom. The van der Waals surface area contributed by atoms with Crippen molar-refractivity contribution in [3.8, 4) is 0 Å². The van der Waals surface area contributed by atoms with Gasteiger partial charge in [0.15, 0.2) is 0 Å². The van der Waals surface area contributed by atoms with Crippen LogP contribution < -0.4 is 5.32 Å². The molecule has 2 unspecified atom stereocenters. The van der Waals surface area contributed by atoms with Gasteiger partial charge in [-0.1, -0.05) is 19.8 Å². The monoisotopic (exact) mass is 142 g/mol. The van der Waals surface area contributed by atoms with Gasteiger partial charge in [-0.15, -0.1) is 0 Å². The zero-order valence-electron chi connectivity index (χ0n) is 6.34. The second-order valence-corrected chi connectivity index (χ2v) is 3.00. The highest BCUT2D eigenvalue weighted by molar-refractivity contribution is 4.71. The lowest BCUT2D eigenvalue weighted by atomic mass is 9.93. The van der Waals surface area contributed by atoms with E-state index >= 15 is 0 Å². The van der Waals surface area contributed by atoms with Gasteiger partial charge in [0.05, 0.1) is 0 Å². The van der Waals surface area contributed by atoms with Crippen LogP contribution in [0.5, 0.6) is 0 Å². The zero-order valence-corrected chi connectivity index (χ0v) is 6.34. The Kier molecular flexibility index (Phi) is 3.16. The molecule has 0 aromatic rings. The van der Waals surface area contributed by atoms with Crippen LogP contribution in [-0.2, 0) is 0 Å². The molecule has 0 spiro atoms. The average molecular weight is 142 g/mol. The molecule has 2 N–H and O–H groups in total. The van der Waals surface area contributed by atoms with Crippen molar-refractivity contribution < 1.29 is 5.11 Å². The molecule has 2 nitrogen and oxygen atoms in total. The third kappa shape index (κ3) is 2.27. The van der Waals surface area contributed by atoms with E-state index in [0.717, 1.165) is 19.4 Å². The smallest absolute Gasteiger partial charge is 0.105 e. The Labute approximate surface area is 62.6 Å². The third-order valence-corrected chi connectivity index (χ3v) is 2.10. The quantitative estimate of drug-likeness (QED) is 0.601. The van der Waals surface area contributed by atoms with Gasteiger partial charge >= 0.3 is 0 Å². The predicted molar refractivity (Wildman–Crippen MR) is 41.3 cm³/mol. The number of nitrogens with one attached hydrogen (secondary N) is 1. The molecule has 1 rings (SSSR count). The number of hydrogen-bond acceptors (Lipinski definition) is 2. The molecule has 0 aliphatic carbocycles. The second kappa shape index (κ2) is 3.94. The Morgan fingerprint density at radius 2 is 2.40 bits per heavy atom. The molecule has 0 bridgehead atoms. The van der Waals surface area contributed by atoms with Crippen LogP contribution in [0.25, 0.3) is 0 Å². The maximum absolute atomic E-state index is 9.17. The number of aliphatic hydroxyl groups excluding tert-OH is 1. The average Bonchev–Trinajstić information content (AvgIpc) is 1.88. The van der Waals surface area contributed by atoms with E-state index in [0.29, 0.717) is 5.92 Å². The summed E-state index contributed by atoms with van der Waals surface area (Å²) in [5, 5.41) is 12.2. The standard InChI is InChI=1S/C8H16NO/c1-2-3-7-4-5-9-8(10)6-7/h7-10H,1-6H2. The molecule has 59 valence electrons. The molecule has 1 fully saturated rings. The first kappa shape index (κ1) is 8.02. The highest BCUT2D eigenvalue weighted by Gasteiger charge is 2.17. The fraction of sp³-hybridized carbons (Fsp3) is 0.875. The van der Waals surface area contributed by atoms with Crippen LogP contribution in [0.2, 0.25) is 0 Å². The van der Waals surface area contributed by atoms with E-state index < -0.39 is 0 Å². The van der Waals surface area contributed by atoms with Gasteiger partial charge in [-0.25, -0.2) is 0 Å². The Bertz CT molecular complexity index is 93.3. The van der Waals surface area contributed by atoms with Crippen molar-refractivity contribution >= 4 is 0 Å². The minimum Gasteiger partial charge on any atom is -0.379 e. The van der Waals surface area contributed by atoms with Gasteiger partial charge in [0, 0.05) is 0 Å². The fourth-order valence-electron chi connectivity index (χ4n) is 1.52. The summed E-state index contributed by atoms with van der Waals surface area (Å²) < 4.78 is 0. The summed E-state index contributed by atoms with van der Waals surface area (Å²) in [6, 6.07) is 0. The van der Waals surface area contributed by atoms with E-state index in [9.17, 15) is 5.11 Å². The van der Waals surface area contributed by atoms with Crippen LogP contribution in [0.4, 0.5) is 0 Å². The van der Waals surface area contributed by atoms with Gasteiger partial charge in [-0.2, -0.15) is 0 Å². The first-order valence-electron chi connectivity index (χ1n) is 4.03. The van der Waals surface area contributed by atoms with E-state index in [-0.39, 0.29) is 6.23 Å². The minimum absolute atomic E-state index is 0.259. The topological polar surface area (TPSA) is 32.3 Å². The molecule has 0 aromatic heterocycles. The van der Waals surface area contributed by atoms with E-state index in [1.807, 2.05) is 0 Å². The van der Waals surface area contributed by atoms with Crippen molar-refractivity contribution in [2.45, 2.75) is 31.9 Å². The van der Waals surface area contributed by atoms with E-state index in [1.165, 1.54) is 12.8 Å². The molecule has 2 atom stereocenters. The molecular formula is C8H16NO. The molecule has 1 heterocycles. The Morgan fingerprint density at radius 3 is 3.00 bits per heavy atom. The summed E-state index contributed by atoms with van der Waals surface area (Å²) in [5.41, 5.74) is 0. The van der Waals surface area contributed by atoms with Gasteiger partial charge in [-0.3, -0.25) is 5.32 Å². The minimum atomic E-state index is -0.259. The summed E-state index contributed by atoms with van der Waals surface area (Å²) in [5.74, 6) is 0.703. The first-order valence-corrected chi connectivity index (χ1v) is 4.03. The summed E-state index contributed by atoms with van der Waals surface area (Å²) in [6.45, 7) is 4.77. The zero-order chi connectivity index (χ0) is 7.40. The molecule has 1 radical (unpaired) electrons.